The van der Waals surface area contributed by atoms with Gasteiger partial charge >= 0.3 is 11.8 Å². The molecule has 2 N–H and O–H groups in total. The molecule has 0 saturated carbocycles. The molecule has 3 aromatic rings. The lowest BCUT2D eigenvalue weighted by Crippen LogP contribution is -2.29. The van der Waals surface area contributed by atoms with Gasteiger partial charge in [0, 0.05) is 11.4 Å². The Hall–Kier alpha value is -3.60. The number of anilines is 2. The molecular weight excluding hydrogens is 340 g/mol. The average Bonchev–Trinajstić information content (AvgIpc) is 2.66. The van der Waals surface area contributed by atoms with Crippen LogP contribution in [-0.4, -0.2) is 11.8 Å². The van der Waals surface area contributed by atoms with Gasteiger partial charge in [0.2, 0.25) is 0 Å². The predicted octanol–water partition coefficient (Wildman–Crippen LogP) is 4.67. The van der Waals surface area contributed by atoms with Gasteiger partial charge in [0.25, 0.3) is 0 Å². The second kappa shape index (κ2) is 8.19. The van der Waals surface area contributed by atoms with Crippen LogP contribution in [0.4, 0.5) is 11.4 Å². The van der Waals surface area contributed by atoms with Gasteiger partial charge < -0.3 is 15.4 Å². The van der Waals surface area contributed by atoms with E-state index in [-0.39, 0.29) is 0 Å². The molecule has 0 aliphatic rings. The van der Waals surface area contributed by atoms with Crippen LogP contribution in [-0.2, 0) is 9.59 Å². The number of carbonyl (C=O) groups excluding carboxylic acids is 2. The maximum Gasteiger partial charge on any atom is 0.314 e. The molecule has 0 aromatic heterocycles. The highest BCUT2D eigenvalue weighted by atomic mass is 16.5. The van der Waals surface area contributed by atoms with Crippen LogP contribution < -0.4 is 15.4 Å². The summed E-state index contributed by atoms with van der Waals surface area (Å²) in [6, 6.07) is 21.8. The van der Waals surface area contributed by atoms with E-state index in [4.69, 9.17) is 4.74 Å². The van der Waals surface area contributed by atoms with Crippen LogP contribution in [0.15, 0.2) is 72.8 Å². The molecule has 0 radical (unpaired) electrons. The van der Waals surface area contributed by atoms with Gasteiger partial charge in [-0.15, -0.1) is 0 Å². The normalized spacial score (nSPS) is 10.1. The topological polar surface area (TPSA) is 67.4 Å². The molecule has 0 atom stereocenters. The smallest absolute Gasteiger partial charge is 0.314 e. The van der Waals surface area contributed by atoms with Gasteiger partial charge in [0.1, 0.15) is 11.5 Å². The number of amides is 2. The molecule has 0 aliphatic carbocycles. The van der Waals surface area contributed by atoms with Crippen LogP contribution in [0.1, 0.15) is 11.1 Å². The summed E-state index contributed by atoms with van der Waals surface area (Å²) in [6.07, 6.45) is 0. The summed E-state index contributed by atoms with van der Waals surface area (Å²) >= 11 is 0. The standard InChI is InChI=1S/C22H20N2O3/c1-15-8-13-20(16(2)14-15)24-22(26)21(25)23-17-9-11-19(12-10-17)27-18-6-4-3-5-7-18/h3-14H,1-2H3,(H,23,25)(H,24,26). The molecule has 0 unspecified atom stereocenters. The average molecular weight is 360 g/mol. The van der Waals surface area contributed by atoms with E-state index in [1.807, 2.05) is 56.3 Å². The van der Waals surface area contributed by atoms with Crippen molar-refractivity contribution >= 4 is 23.2 Å². The maximum absolute atomic E-state index is 12.1. The number of rotatable bonds is 4. The lowest BCUT2D eigenvalue weighted by Gasteiger charge is -2.10. The fourth-order valence-corrected chi connectivity index (χ4v) is 2.55. The highest BCUT2D eigenvalue weighted by molar-refractivity contribution is 6.43. The third-order valence-corrected chi connectivity index (χ3v) is 3.93. The van der Waals surface area contributed by atoms with Crippen LogP contribution in [0, 0.1) is 13.8 Å². The molecule has 27 heavy (non-hydrogen) atoms. The van der Waals surface area contributed by atoms with E-state index in [0.29, 0.717) is 17.1 Å². The van der Waals surface area contributed by atoms with Crippen molar-refractivity contribution in [1.82, 2.24) is 0 Å². The summed E-state index contributed by atoms with van der Waals surface area (Å²) < 4.78 is 5.70. The molecule has 3 aromatic carbocycles. The number of hydrogen-bond donors (Lipinski definition) is 2. The van der Waals surface area contributed by atoms with E-state index in [2.05, 4.69) is 10.6 Å². The predicted molar refractivity (Wildman–Crippen MR) is 106 cm³/mol. The molecule has 0 saturated heterocycles. The second-order valence-corrected chi connectivity index (χ2v) is 6.17. The molecule has 136 valence electrons. The largest absolute Gasteiger partial charge is 0.457 e. The first kappa shape index (κ1) is 18.2. The van der Waals surface area contributed by atoms with E-state index in [1.54, 1.807) is 30.3 Å². The molecule has 0 heterocycles. The van der Waals surface area contributed by atoms with Crippen molar-refractivity contribution in [3.8, 4) is 11.5 Å². The minimum Gasteiger partial charge on any atom is -0.457 e. The van der Waals surface area contributed by atoms with Gasteiger partial charge in [-0.3, -0.25) is 9.59 Å². The molecule has 0 fully saturated rings. The Labute approximate surface area is 158 Å². The Balaban J connectivity index is 1.59. The van der Waals surface area contributed by atoms with Gasteiger partial charge in [-0.25, -0.2) is 0 Å². The molecular formula is C22H20N2O3. The Kier molecular flexibility index (Phi) is 5.52. The van der Waals surface area contributed by atoms with E-state index < -0.39 is 11.8 Å². The SMILES string of the molecule is Cc1ccc(NC(=O)C(=O)Nc2ccc(Oc3ccccc3)cc2)c(C)c1. The molecule has 0 aliphatic heterocycles. The summed E-state index contributed by atoms with van der Waals surface area (Å²) in [5.74, 6) is -0.0840. The van der Waals surface area contributed by atoms with Crippen LogP contribution in [0.3, 0.4) is 0 Å². The maximum atomic E-state index is 12.1. The summed E-state index contributed by atoms with van der Waals surface area (Å²) in [5.41, 5.74) is 3.12. The Morgan fingerprint density at radius 2 is 1.37 bits per heavy atom. The van der Waals surface area contributed by atoms with Gasteiger partial charge in [-0.2, -0.15) is 0 Å². The lowest BCUT2D eigenvalue weighted by atomic mass is 10.1. The number of carbonyl (C=O) groups is 2. The monoisotopic (exact) mass is 360 g/mol. The van der Waals surface area contributed by atoms with Crippen LogP contribution >= 0.6 is 0 Å². The minimum atomic E-state index is -0.730. The zero-order valence-electron chi connectivity index (χ0n) is 15.2. The summed E-state index contributed by atoms with van der Waals surface area (Å²) in [4.78, 5) is 24.2. The van der Waals surface area contributed by atoms with Gasteiger partial charge in [-0.05, 0) is 61.9 Å². The number of aryl methyl sites for hydroxylation is 2. The zero-order chi connectivity index (χ0) is 19.2. The van der Waals surface area contributed by atoms with E-state index in [1.165, 1.54) is 0 Å². The summed E-state index contributed by atoms with van der Waals surface area (Å²) in [6.45, 7) is 3.85. The van der Waals surface area contributed by atoms with Crippen molar-refractivity contribution in [1.29, 1.82) is 0 Å². The van der Waals surface area contributed by atoms with Crippen LogP contribution in [0.2, 0.25) is 0 Å². The Bertz CT molecular complexity index is 951. The summed E-state index contributed by atoms with van der Waals surface area (Å²) in [7, 11) is 0. The fraction of sp³-hybridized carbons (Fsp3) is 0.0909. The van der Waals surface area contributed by atoms with Crippen molar-refractivity contribution < 1.29 is 14.3 Å². The highest BCUT2D eigenvalue weighted by Gasteiger charge is 2.15. The number of hydrogen-bond acceptors (Lipinski definition) is 3. The van der Waals surface area contributed by atoms with Gasteiger partial charge in [-0.1, -0.05) is 35.9 Å². The molecule has 0 bridgehead atoms. The van der Waals surface area contributed by atoms with E-state index >= 15 is 0 Å². The molecule has 3 rings (SSSR count). The third-order valence-electron chi connectivity index (χ3n) is 3.93. The number of para-hydroxylation sites is 1. The van der Waals surface area contributed by atoms with Crippen LogP contribution in [0.5, 0.6) is 11.5 Å². The van der Waals surface area contributed by atoms with Gasteiger partial charge in [0.15, 0.2) is 0 Å². The van der Waals surface area contributed by atoms with Gasteiger partial charge in [0.05, 0.1) is 0 Å². The number of nitrogens with one attached hydrogen (secondary N) is 2. The number of ether oxygens (including phenoxy) is 1. The highest BCUT2D eigenvalue weighted by Crippen LogP contribution is 2.22. The summed E-state index contributed by atoms with van der Waals surface area (Å²) in [5, 5.41) is 5.20. The molecule has 5 nitrogen and oxygen atoms in total. The second-order valence-electron chi connectivity index (χ2n) is 6.17. The fourth-order valence-electron chi connectivity index (χ4n) is 2.55. The molecule has 0 spiro atoms. The Morgan fingerprint density at radius 3 is 2.04 bits per heavy atom. The quantitative estimate of drug-likeness (QED) is 0.664. The lowest BCUT2D eigenvalue weighted by molar-refractivity contribution is -0.133. The van der Waals surface area contributed by atoms with Crippen molar-refractivity contribution in [2.24, 2.45) is 0 Å². The molecule has 5 heteroatoms. The van der Waals surface area contributed by atoms with Crippen molar-refractivity contribution in [3.05, 3.63) is 83.9 Å². The van der Waals surface area contributed by atoms with Crippen molar-refractivity contribution in [2.45, 2.75) is 13.8 Å². The first-order valence-electron chi connectivity index (χ1n) is 8.54. The number of benzene rings is 3. The first-order chi connectivity index (χ1) is 13.0. The first-order valence-corrected chi connectivity index (χ1v) is 8.54. The van der Waals surface area contributed by atoms with E-state index in [0.717, 1.165) is 16.9 Å². The minimum absolute atomic E-state index is 0.510. The van der Waals surface area contributed by atoms with E-state index in [9.17, 15) is 9.59 Å². The van der Waals surface area contributed by atoms with Crippen LogP contribution in [0.25, 0.3) is 0 Å². The molecule has 2 amide bonds. The third kappa shape index (κ3) is 4.95. The van der Waals surface area contributed by atoms with Crippen molar-refractivity contribution in [2.75, 3.05) is 10.6 Å². The Morgan fingerprint density at radius 1 is 0.741 bits per heavy atom. The van der Waals surface area contributed by atoms with Crippen molar-refractivity contribution in [3.63, 3.8) is 0 Å². The zero-order valence-corrected chi connectivity index (χ0v) is 15.2.